The zero-order valence-electron chi connectivity index (χ0n) is 8.48. The average molecular weight is 188 g/mol. The van der Waals surface area contributed by atoms with Gasteiger partial charge in [0.1, 0.15) is 6.23 Å². The van der Waals surface area contributed by atoms with Crippen molar-refractivity contribution >= 4 is 6.02 Å². The van der Waals surface area contributed by atoms with Crippen molar-refractivity contribution < 1.29 is 14.2 Å². The number of methoxy groups -OCH3 is 3. The summed E-state index contributed by atoms with van der Waals surface area (Å²) in [6, 6.07) is 0.546. The van der Waals surface area contributed by atoms with Crippen LogP contribution in [-0.2, 0) is 14.2 Å². The van der Waals surface area contributed by atoms with Crippen LogP contribution in [0.5, 0.6) is 0 Å². The van der Waals surface area contributed by atoms with Gasteiger partial charge in [-0.2, -0.15) is 0 Å². The molecule has 0 radical (unpaired) electrons. The second-order valence-electron chi connectivity index (χ2n) is 2.84. The maximum absolute atomic E-state index is 5.25. The molecule has 0 fully saturated rings. The van der Waals surface area contributed by atoms with Gasteiger partial charge in [0.2, 0.25) is 0 Å². The summed E-state index contributed by atoms with van der Waals surface area (Å²) in [5, 5.41) is 0. The Morgan fingerprint density at radius 1 is 1.31 bits per heavy atom. The molecule has 0 aromatic rings. The van der Waals surface area contributed by atoms with Crippen molar-refractivity contribution in [3.05, 3.63) is 0 Å². The molecule has 0 saturated heterocycles. The molecular weight excluding hydrogens is 172 g/mol. The van der Waals surface area contributed by atoms with Gasteiger partial charge < -0.3 is 19.1 Å². The van der Waals surface area contributed by atoms with Crippen molar-refractivity contribution in [3.63, 3.8) is 0 Å². The molecule has 0 bridgehead atoms. The molecule has 0 aromatic heterocycles. The number of hydrogen-bond acceptors (Lipinski definition) is 5. The largest absolute Gasteiger partial charge is 0.468 e. The predicted octanol–water partition coefficient (Wildman–Crippen LogP) is 0.269. The van der Waals surface area contributed by atoms with E-state index >= 15 is 0 Å². The highest BCUT2D eigenvalue weighted by Gasteiger charge is 2.28. The van der Waals surface area contributed by atoms with E-state index in [0.29, 0.717) is 6.02 Å². The number of ether oxygens (including phenoxy) is 3. The number of rotatable bonds is 2. The molecule has 0 amide bonds. The zero-order chi connectivity index (χ0) is 9.84. The van der Waals surface area contributed by atoms with Gasteiger partial charge in [0.05, 0.1) is 7.11 Å². The first-order chi connectivity index (χ1) is 6.22. The summed E-state index contributed by atoms with van der Waals surface area (Å²) in [7, 11) is 6.74. The topological polar surface area (TPSA) is 43.3 Å². The lowest BCUT2D eigenvalue weighted by Gasteiger charge is -2.34. The second-order valence-corrected chi connectivity index (χ2v) is 2.84. The molecule has 76 valence electrons. The molecule has 1 aliphatic heterocycles. The van der Waals surface area contributed by atoms with Crippen molar-refractivity contribution in [1.82, 2.24) is 4.90 Å². The summed E-state index contributed by atoms with van der Waals surface area (Å²) in [5.74, 6) is 0. The Bertz CT molecular complexity index is 196. The summed E-state index contributed by atoms with van der Waals surface area (Å²) < 4.78 is 15.5. The molecule has 5 nitrogen and oxygen atoms in total. The second kappa shape index (κ2) is 4.43. The standard InChI is InChI=1S/C8H16N2O3/c1-10-7(12-3)5-6(11-2)9-8(10)13-4/h6-7H,5H2,1-4H3. The highest BCUT2D eigenvalue weighted by atomic mass is 16.5. The highest BCUT2D eigenvalue weighted by molar-refractivity contribution is 5.74. The average Bonchev–Trinajstić information content (AvgIpc) is 2.18. The van der Waals surface area contributed by atoms with Crippen LogP contribution in [0.4, 0.5) is 0 Å². The molecule has 0 N–H and O–H groups in total. The maximum Gasteiger partial charge on any atom is 0.291 e. The van der Waals surface area contributed by atoms with Gasteiger partial charge in [0.25, 0.3) is 6.02 Å². The minimum absolute atomic E-state index is 0.0302. The van der Waals surface area contributed by atoms with Crippen molar-refractivity contribution in [2.24, 2.45) is 4.99 Å². The van der Waals surface area contributed by atoms with E-state index < -0.39 is 0 Å². The maximum atomic E-state index is 5.25. The molecule has 0 spiro atoms. The number of hydrogen-bond donors (Lipinski definition) is 0. The predicted molar refractivity (Wildman–Crippen MR) is 48.4 cm³/mol. The molecule has 1 aliphatic rings. The SMILES string of the molecule is COC1=NC(OC)CC(OC)N1C. The van der Waals surface area contributed by atoms with E-state index in [1.165, 1.54) is 0 Å². The zero-order valence-corrected chi connectivity index (χ0v) is 8.48. The lowest BCUT2D eigenvalue weighted by atomic mass is 10.3. The quantitative estimate of drug-likeness (QED) is 0.624. The van der Waals surface area contributed by atoms with Crippen LogP contribution in [-0.4, -0.2) is 51.8 Å². The van der Waals surface area contributed by atoms with Gasteiger partial charge in [-0.15, -0.1) is 0 Å². The summed E-state index contributed by atoms with van der Waals surface area (Å²) >= 11 is 0. The molecule has 5 heteroatoms. The molecule has 0 saturated carbocycles. The normalized spacial score (nSPS) is 28.6. The highest BCUT2D eigenvalue weighted by Crippen LogP contribution is 2.16. The molecule has 13 heavy (non-hydrogen) atoms. The number of amidine groups is 1. The third-order valence-electron chi connectivity index (χ3n) is 2.12. The summed E-state index contributed by atoms with van der Waals surface area (Å²) in [5.41, 5.74) is 0. The van der Waals surface area contributed by atoms with Gasteiger partial charge in [-0.3, -0.25) is 0 Å². The monoisotopic (exact) mass is 188 g/mol. The van der Waals surface area contributed by atoms with Crippen molar-refractivity contribution in [1.29, 1.82) is 0 Å². The fourth-order valence-electron chi connectivity index (χ4n) is 1.32. The molecule has 0 aromatic carbocycles. The summed E-state index contributed by atoms with van der Waals surface area (Å²) in [4.78, 5) is 6.06. The third-order valence-corrected chi connectivity index (χ3v) is 2.12. The Kier molecular flexibility index (Phi) is 3.50. The molecule has 0 aliphatic carbocycles. The van der Waals surface area contributed by atoms with Crippen LogP contribution in [0.3, 0.4) is 0 Å². The van der Waals surface area contributed by atoms with Crippen LogP contribution in [0.15, 0.2) is 4.99 Å². The first-order valence-corrected chi connectivity index (χ1v) is 4.13. The molecular formula is C8H16N2O3. The fourth-order valence-corrected chi connectivity index (χ4v) is 1.32. The van der Waals surface area contributed by atoms with Crippen LogP contribution in [0.1, 0.15) is 6.42 Å². The molecule has 2 atom stereocenters. The van der Waals surface area contributed by atoms with Gasteiger partial charge in [-0.05, 0) is 0 Å². The Morgan fingerprint density at radius 2 is 2.00 bits per heavy atom. The van der Waals surface area contributed by atoms with Gasteiger partial charge in [-0.1, -0.05) is 0 Å². The minimum Gasteiger partial charge on any atom is -0.468 e. The van der Waals surface area contributed by atoms with Crippen LogP contribution in [0.2, 0.25) is 0 Å². The van der Waals surface area contributed by atoms with E-state index in [4.69, 9.17) is 14.2 Å². The fraction of sp³-hybridized carbons (Fsp3) is 0.875. The van der Waals surface area contributed by atoms with Crippen LogP contribution in [0.25, 0.3) is 0 Å². The van der Waals surface area contributed by atoms with Gasteiger partial charge >= 0.3 is 0 Å². The van der Waals surface area contributed by atoms with Crippen molar-refractivity contribution in [2.75, 3.05) is 28.4 Å². The van der Waals surface area contributed by atoms with Crippen LogP contribution < -0.4 is 0 Å². The lowest BCUT2D eigenvalue weighted by molar-refractivity contribution is -0.0492. The van der Waals surface area contributed by atoms with Crippen molar-refractivity contribution in [3.8, 4) is 0 Å². The van der Waals surface area contributed by atoms with Crippen LogP contribution >= 0.6 is 0 Å². The Hall–Kier alpha value is -0.810. The van der Waals surface area contributed by atoms with Gasteiger partial charge in [0, 0.05) is 27.7 Å². The van der Waals surface area contributed by atoms with E-state index in [2.05, 4.69) is 4.99 Å². The Labute approximate surface area is 78.3 Å². The van der Waals surface area contributed by atoms with E-state index in [9.17, 15) is 0 Å². The number of aliphatic imine (C=N–C) groups is 1. The molecule has 1 rings (SSSR count). The van der Waals surface area contributed by atoms with Crippen molar-refractivity contribution in [2.45, 2.75) is 18.9 Å². The Morgan fingerprint density at radius 3 is 2.46 bits per heavy atom. The van der Waals surface area contributed by atoms with Crippen LogP contribution in [0, 0.1) is 0 Å². The lowest BCUT2D eigenvalue weighted by Crippen LogP contribution is -2.45. The molecule has 2 unspecified atom stereocenters. The smallest absolute Gasteiger partial charge is 0.291 e. The third kappa shape index (κ3) is 2.10. The number of nitrogens with zero attached hydrogens (tertiary/aromatic N) is 2. The molecule has 1 heterocycles. The first kappa shape index (κ1) is 10.3. The van der Waals surface area contributed by atoms with E-state index in [1.54, 1.807) is 21.3 Å². The van der Waals surface area contributed by atoms with E-state index in [-0.39, 0.29) is 12.5 Å². The van der Waals surface area contributed by atoms with Gasteiger partial charge in [0.15, 0.2) is 6.23 Å². The van der Waals surface area contributed by atoms with Gasteiger partial charge in [-0.25, -0.2) is 4.99 Å². The van der Waals surface area contributed by atoms with E-state index in [1.807, 2.05) is 11.9 Å². The minimum atomic E-state index is -0.170. The summed E-state index contributed by atoms with van der Waals surface area (Å²) in [6.07, 6.45) is 0.518. The Balaban J connectivity index is 2.74. The van der Waals surface area contributed by atoms with E-state index in [0.717, 1.165) is 6.42 Å². The first-order valence-electron chi connectivity index (χ1n) is 4.13. The summed E-state index contributed by atoms with van der Waals surface area (Å²) in [6.45, 7) is 0.